The zero-order valence-electron chi connectivity index (χ0n) is 11.5. The van der Waals surface area contributed by atoms with E-state index in [2.05, 4.69) is 28.2 Å². The molecule has 5 heteroatoms. The van der Waals surface area contributed by atoms with Crippen molar-refractivity contribution in [2.75, 3.05) is 5.88 Å². The van der Waals surface area contributed by atoms with E-state index in [1.165, 1.54) is 18.6 Å². The van der Waals surface area contributed by atoms with Crippen molar-refractivity contribution in [2.45, 2.75) is 44.7 Å². The first-order valence-corrected chi connectivity index (χ1v) is 8.23. The zero-order valence-corrected chi connectivity index (χ0v) is 13.8. The maximum Gasteiger partial charge on any atom is 0.144 e. The topological polar surface area (TPSA) is 12.0 Å². The molecule has 0 heterocycles. The van der Waals surface area contributed by atoms with Gasteiger partial charge in [-0.25, -0.2) is 8.78 Å². The van der Waals surface area contributed by atoms with Gasteiger partial charge in [0, 0.05) is 23.5 Å². The summed E-state index contributed by atoms with van der Waals surface area (Å²) >= 11 is 9.21. The monoisotopic (exact) mass is 365 g/mol. The van der Waals surface area contributed by atoms with Gasteiger partial charge in [0.15, 0.2) is 0 Å². The molecule has 0 aromatic heterocycles. The van der Waals surface area contributed by atoms with Gasteiger partial charge >= 0.3 is 0 Å². The second-order valence-corrected chi connectivity index (χ2v) is 6.91. The average molecular weight is 367 g/mol. The van der Waals surface area contributed by atoms with Gasteiger partial charge in [0.05, 0.1) is 4.47 Å². The first kappa shape index (κ1) is 16.2. The Kier molecular flexibility index (Phi) is 5.43. The summed E-state index contributed by atoms with van der Waals surface area (Å²) in [4.78, 5) is 0. The van der Waals surface area contributed by atoms with Gasteiger partial charge in [-0.05, 0) is 46.8 Å². The number of rotatable bonds is 4. The lowest BCUT2D eigenvalue weighted by molar-refractivity contribution is 0.206. The summed E-state index contributed by atoms with van der Waals surface area (Å²) in [6.45, 7) is 2.36. The minimum Gasteiger partial charge on any atom is -0.306 e. The molecule has 1 saturated carbocycles. The third kappa shape index (κ3) is 3.52. The number of hydrogen-bond donors (Lipinski definition) is 1. The molecule has 2 rings (SSSR count). The fourth-order valence-electron chi connectivity index (χ4n) is 3.00. The number of benzene rings is 1. The molecule has 0 radical (unpaired) electrons. The molecule has 1 aromatic rings. The number of hydrogen-bond acceptors (Lipinski definition) is 1. The van der Waals surface area contributed by atoms with Crippen LogP contribution >= 0.6 is 27.5 Å². The van der Waals surface area contributed by atoms with Gasteiger partial charge in [0.1, 0.15) is 11.6 Å². The highest BCUT2D eigenvalue weighted by Gasteiger charge is 2.34. The van der Waals surface area contributed by atoms with E-state index in [1.807, 2.05) is 0 Å². The van der Waals surface area contributed by atoms with Gasteiger partial charge in [0.25, 0.3) is 0 Å². The molecule has 112 valence electrons. The van der Waals surface area contributed by atoms with E-state index in [1.54, 1.807) is 0 Å². The van der Waals surface area contributed by atoms with E-state index in [-0.39, 0.29) is 22.1 Å². The van der Waals surface area contributed by atoms with E-state index in [4.69, 9.17) is 11.6 Å². The molecule has 2 atom stereocenters. The van der Waals surface area contributed by atoms with Crippen LogP contribution in [0.25, 0.3) is 0 Å². The third-order valence-electron chi connectivity index (χ3n) is 4.13. The number of alkyl halides is 1. The van der Waals surface area contributed by atoms with Gasteiger partial charge in [-0.1, -0.05) is 19.8 Å². The van der Waals surface area contributed by atoms with Crippen LogP contribution in [-0.4, -0.2) is 11.4 Å². The standard InChI is InChI=1S/C15H19BrClF2N/c1-10-3-2-6-15(7-10,9-17)20-8-11-13(18)5-4-12(16)14(11)19/h4-5,10,20H,2-3,6-9H2,1H3. The maximum absolute atomic E-state index is 14.0. The summed E-state index contributed by atoms with van der Waals surface area (Å²) in [7, 11) is 0. The highest BCUT2D eigenvalue weighted by molar-refractivity contribution is 9.10. The lowest BCUT2D eigenvalue weighted by Crippen LogP contribution is -2.49. The summed E-state index contributed by atoms with van der Waals surface area (Å²) in [6.07, 6.45) is 4.20. The van der Waals surface area contributed by atoms with Gasteiger partial charge < -0.3 is 5.32 Å². The molecule has 1 N–H and O–H groups in total. The molecule has 2 unspecified atom stereocenters. The van der Waals surface area contributed by atoms with Crippen molar-refractivity contribution < 1.29 is 8.78 Å². The van der Waals surface area contributed by atoms with E-state index in [0.717, 1.165) is 19.3 Å². The number of halogens is 4. The Hall–Kier alpha value is -0.190. The van der Waals surface area contributed by atoms with Crippen LogP contribution in [0.1, 0.15) is 38.2 Å². The maximum atomic E-state index is 14.0. The highest BCUT2D eigenvalue weighted by Crippen LogP contribution is 2.34. The Morgan fingerprint density at radius 1 is 1.45 bits per heavy atom. The molecule has 1 nitrogen and oxygen atoms in total. The van der Waals surface area contributed by atoms with Gasteiger partial charge in [-0.2, -0.15) is 0 Å². The Morgan fingerprint density at radius 3 is 2.85 bits per heavy atom. The van der Waals surface area contributed by atoms with Gasteiger partial charge in [-0.15, -0.1) is 11.6 Å². The van der Waals surface area contributed by atoms with E-state index in [0.29, 0.717) is 11.8 Å². The summed E-state index contributed by atoms with van der Waals surface area (Å²) < 4.78 is 28.0. The summed E-state index contributed by atoms with van der Waals surface area (Å²) in [5, 5.41) is 3.31. The van der Waals surface area contributed by atoms with Crippen LogP contribution in [0, 0.1) is 17.6 Å². The normalized spacial score (nSPS) is 26.8. The van der Waals surface area contributed by atoms with Crippen molar-refractivity contribution in [1.82, 2.24) is 5.32 Å². The summed E-state index contributed by atoms with van der Waals surface area (Å²) in [5.41, 5.74) is -0.137. The molecule has 1 aliphatic carbocycles. The quantitative estimate of drug-likeness (QED) is 0.584. The molecule has 1 aromatic carbocycles. The molecule has 1 aliphatic rings. The van der Waals surface area contributed by atoms with E-state index >= 15 is 0 Å². The minimum atomic E-state index is -0.536. The molecular weight excluding hydrogens is 348 g/mol. The Labute approximate surface area is 132 Å². The van der Waals surface area contributed by atoms with Crippen LogP contribution in [0.5, 0.6) is 0 Å². The van der Waals surface area contributed by atoms with Crippen LogP contribution in [-0.2, 0) is 6.54 Å². The van der Waals surface area contributed by atoms with Crippen LogP contribution < -0.4 is 5.32 Å². The van der Waals surface area contributed by atoms with Gasteiger partial charge in [0.2, 0.25) is 0 Å². The minimum absolute atomic E-state index is 0.0714. The molecule has 0 amide bonds. The molecule has 0 saturated heterocycles. The largest absolute Gasteiger partial charge is 0.306 e. The predicted molar refractivity (Wildman–Crippen MR) is 82.0 cm³/mol. The first-order chi connectivity index (χ1) is 9.47. The first-order valence-electron chi connectivity index (χ1n) is 6.91. The second kappa shape index (κ2) is 6.71. The van der Waals surface area contributed by atoms with Crippen molar-refractivity contribution in [3.63, 3.8) is 0 Å². The lowest BCUT2D eigenvalue weighted by Gasteiger charge is -2.39. The van der Waals surface area contributed by atoms with Crippen LogP contribution in [0.15, 0.2) is 16.6 Å². The Balaban J connectivity index is 2.13. The van der Waals surface area contributed by atoms with Crippen molar-refractivity contribution in [3.05, 3.63) is 33.8 Å². The van der Waals surface area contributed by atoms with Gasteiger partial charge in [-0.3, -0.25) is 0 Å². The van der Waals surface area contributed by atoms with E-state index < -0.39 is 11.6 Å². The van der Waals surface area contributed by atoms with Crippen LogP contribution in [0.4, 0.5) is 8.78 Å². The smallest absolute Gasteiger partial charge is 0.144 e. The lowest BCUT2D eigenvalue weighted by atomic mass is 9.77. The van der Waals surface area contributed by atoms with Crippen molar-refractivity contribution in [2.24, 2.45) is 5.92 Å². The molecule has 0 aliphatic heterocycles. The molecule has 0 bridgehead atoms. The third-order valence-corrected chi connectivity index (χ3v) is 5.25. The van der Waals surface area contributed by atoms with Crippen LogP contribution in [0.3, 0.4) is 0 Å². The predicted octanol–water partition coefficient (Wildman–Crippen LogP) is 5.00. The number of nitrogens with one attached hydrogen (secondary N) is 1. The highest BCUT2D eigenvalue weighted by atomic mass is 79.9. The van der Waals surface area contributed by atoms with Crippen molar-refractivity contribution in [1.29, 1.82) is 0 Å². The Bertz CT molecular complexity index is 483. The fraction of sp³-hybridized carbons (Fsp3) is 0.600. The second-order valence-electron chi connectivity index (χ2n) is 5.79. The average Bonchev–Trinajstić information content (AvgIpc) is 2.43. The van der Waals surface area contributed by atoms with E-state index in [9.17, 15) is 8.78 Å². The Morgan fingerprint density at radius 2 is 2.20 bits per heavy atom. The molecule has 1 fully saturated rings. The molecular formula is C15H19BrClF2N. The molecule has 20 heavy (non-hydrogen) atoms. The molecule has 0 spiro atoms. The van der Waals surface area contributed by atoms with Crippen LogP contribution in [0.2, 0.25) is 0 Å². The van der Waals surface area contributed by atoms with Crippen molar-refractivity contribution in [3.8, 4) is 0 Å². The summed E-state index contributed by atoms with van der Waals surface area (Å²) in [5.74, 6) is -0.000687. The SMILES string of the molecule is CC1CCCC(CCl)(NCc2c(F)ccc(Br)c2F)C1. The zero-order chi connectivity index (χ0) is 14.8. The summed E-state index contributed by atoms with van der Waals surface area (Å²) in [6, 6.07) is 2.66. The van der Waals surface area contributed by atoms with Crippen molar-refractivity contribution >= 4 is 27.5 Å². The fourth-order valence-corrected chi connectivity index (χ4v) is 3.70.